The van der Waals surface area contributed by atoms with Gasteiger partial charge in [0.2, 0.25) is 5.91 Å². The van der Waals surface area contributed by atoms with Gasteiger partial charge in [0.25, 0.3) is 0 Å². The standard InChI is InChI=1S/C14H17BrN2O2/c1-16-14(19)13-4-2-3-7-17(13)11-6-5-10(9-18)12(15)8-11/h5-6,8-9,13H,2-4,7H2,1H3,(H,16,19). The highest BCUT2D eigenvalue weighted by Gasteiger charge is 2.28. The summed E-state index contributed by atoms with van der Waals surface area (Å²) in [6.45, 7) is 0.866. The molecule has 1 aromatic rings. The van der Waals surface area contributed by atoms with Gasteiger partial charge in [0, 0.05) is 29.3 Å². The molecule has 0 aliphatic carbocycles. The first-order valence-corrected chi connectivity index (χ1v) is 7.19. The van der Waals surface area contributed by atoms with Crippen molar-refractivity contribution in [2.45, 2.75) is 25.3 Å². The van der Waals surface area contributed by atoms with Crippen LogP contribution in [0, 0.1) is 0 Å². The number of nitrogens with one attached hydrogen (secondary N) is 1. The van der Waals surface area contributed by atoms with Gasteiger partial charge in [-0.1, -0.05) is 0 Å². The minimum absolute atomic E-state index is 0.0512. The second-order valence-corrected chi connectivity index (χ2v) is 5.50. The first-order chi connectivity index (χ1) is 9.17. The Morgan fingerprint density at radius 3 is 2.89 bits per heavy atom. The van der Waals surface area contributed by atoms with Gasteiger partial charge in [-0.2, -0.15) is 0 Å². The van der Waals surface area contributed by atoms with Crippen LogP contribution in [-0.4, -0.2) is 31.8 Å². The molecule has 4 nitrogen and oxygen atoms in total. The number of rotatable bonds is 3. The summed E-state index contributed by atoms with van der Waals surface area (Å²) in [6.07, 6.45) is 3.84. The van der Waals surface area contributed by atoms with Gasteiger partial charge in [-0.15, -0.1) is 0 Å². The average molecular weight is 325 g/mol. The van der Waals surface area contributed by atoms with E-state index >= 15 is 0 Å². The van der Waals surface area contributed by atoms with E-state index < -0.39 is 0 Å². The quantitative estimate of drug-likeness (QED) is 0.868. The Labute approximate surface area is 121 Å². The van der Waals surface area contributed by atoms with Crippen LogP contribution >= 0.6 is 15.9 Å². The monoisotopic (exact) mass is 324 g/mol. The molecule has 1 heterocycles. The van der Waals surface area contributed by atoms with Crippen molar-refractivity contribution in [1.82, 2.24) is 5.32 Å². The summed E-state index contributed by atoms with van der Waals surface area (Å²) < 4.78 is 0.765. The molecule has 1 aromatic carbocycles. The van der Waals surface area contributed by atoms with Crippen molar-refractivity contribution in [2.24, 2.45) is 0 Å². The Kier molecular flexibility index (Phi) is 4.58. The molecular weight excluding hydrogens is 308 g/mol. The third kappa shape index (κ3) is 2.97. The summed E-state index contributed by atoms with van der Waals surface area (Å²) >= 11 is 3.39. The van der Waals surface area contributed by atoms with Crippen LogP contribution in [-0.2, 0) is 4.79 Å². The van der Waals surface area contributed by atoms with Gasteiger partial charge in [0.15, 0.2) is 6.29 Å². The normalized spacial score (nSPS) is 19.1. The number of halogens is 1. The third-order valence-corrected chi connectivity index (χ3v) is 4.18. The molecule has 102 valence electrons. The van der Waals surface area contributed by atoms with Crippen LogP contribution in [0.3, 0.4) is 0 Å². The SMILES string of the molecule is CNC(=O)C1CCCCN1c1ccc(C=O)c(Br)c1. The summed E-state index contributed by atoms with van der Waals surface area (Å²) in [5, 5.41) is 2.72. The van der Waals surface area contributed by atoms with E-state index in [4.69, 9.17) is 0 Å². The molecule has 1 fully saturated rings. The molecule has 0 radical (unpaired) electrons. The van der Waals surface area contributed by atoms with Crippen molar-refractivity contribution in [1.29, 1.82) is 0 Å². The molecule has 0 saturated carbocycles. The van der Waals surface area contributed by atoms with Crippen LogP contribution in [0.5, 0.6) is 0 Å². The average Bonchev–Trinajstić information content (AvgIpc) is 2.46. The molecule has 1 unspecified atom stereocenters. The lowest BCUT2D eigenvalue weighted by Gasteiger charge is -2.36. The van der Waals surface area contributed by atoms with Crippen LogP contribution in [0.4, 0.5) is 5.69 Å². The van der Waals surface area contributed by atoms with Crippen LogP contribution in [0.2, 0.25) is 0 Å². The first-order valence-electron chi connectivity index (χ1n) is 6.40. The molecule has 0 aromatic heterocycles. The number of likely N-dealkylation sites (N-methyl/N-ethyl adjacent to an activating group) is 1. The number of carbonyl (C=O) groups is 2. The maximum Gasteiger partial charge on any atom is 0.242 e. The molecule has 1 atom stereocenters. The van der Waals surface area contributed by atoms with E-state index in [1.807, 2.05) is 12.1 Å². The lowest BCUT2D eigenvalue weighted by molar-refractivity contribution is -0.122. The number of benzene rings is 1. The van der Waals surface area contributed by atoms with Crippen molar-refractivity contribution >= 4 is 33.8 Å². The molecule has 1 N–H and O–H groups in total. The number of nitrogens with zero attached hydrogens (tertiary/aromatic N) is 1. The highest BCUT2D eigenvalue weighted by molar-refractivity contribution is 9.10. The molecule has 0 spiro atoms. The number of hydrogen-bond donors (Lipinski definition) is 1. The lowest BCUT2D eigenvalue weighted by Crippen LogP contribution is -2.48. The van der Waals surface area contributed by atoms with E-state index in [1.165, 1.54) is 0 Å². The molecular formula is C14H17BrN2O2. The number of amides is 1. The maximum absolute atomic E-state index is 11.9. The number of hydrogen-bond acceptors (Lipinski definition) is 3. The van der Waals surface area contributed by atoms with Gasteiger partial charge in [-0.05, 0) is 53.4 Å². The van der Waals surface area contributed by atoms with Crippen LogP contribution < -0.4 is 10.2 Å². The molecule has 1 amide bonds. The molecule has 1 aliphatic heterocycles. The number of anilines is 1. The molecule has 2 rings (SSSR count). The lowest BCUT2D eigenvalue weighted by atomic mass is 10.00. The van der Waals surface area contributed by atoms with Crippen LogP contribution in [0.1, 0.15) is 29.6 Å². The Morgan fingerprint density at radius 1 is 1.47 bits per heavy atom. The van der Waals surface area contributed by atoms with Gasteiger partial charge in [0.1, 0.15) is 6.04 Å². The van der Waals surface area contributed by atoms with Crippen molar-refractivity contribution in [3.8, 4) is 0 Å². The first kappa shape index (κ1) is 14.1. The summed E-state index contributed by atoms with van der Waals surface area (Å²) in [6, 6.07) is 5.47. The number of carbonyl (C=O) groups excluding carboxylic acids is 2. The third-order valence-electron chi connectivity index (χ3n) is 3.49. The summed E-state index contributed by atoms with van der Waals surface area (Å²) in [7, 11) is 1.67. The molecule has 0 bridgehead atoms. The van der Waals surface area contributed by atoms with Gasteiger partial charge in [-0.3, -0.25) is 9.59 Å². The fourth-order valence-electron chi connectivity index (χ4n) is 2.47. The smallest absolute Gasteiger partial charge is 0.242 e. The Hall–Kier alpha value is -1.36. The summed E-state index contributed by atoms with van der Waals surface area (Å²) in [5.74, 6) is 0.0512. The second-order valence-electron chi connectivity index (χ2n) is 4.64. The fraction of sp³-hybridized carbons (Fsp3) is 0.429. The summed E-state index contributed by atoms with van der Waals surface area (Å²) in [4.78, 5) is 24.9. The topological polar surface area (TPSA) is 49.4 Å². The van der Waals surface area contributed by atoms with E-state index in [9.17, 15) is 9.59 Å². The summed E-state index contributed by atoms with van der Waals surface area (Å²) in [5.41, 5.74) is 1.60. The second kappa shape index (κ2) is 6.19. The molecule has 1 saturated heterocycles. The predicted octanol–water partition coefficient (Wildman–Crippen LogP) is 2.37. The molecule has 5 heteroatoms. The number of aldehydes is 1. The van der Waals surface area contributed by atoms with Crippen LogP contribution in [0.25, 0.3) is 0 Å². The van der Waals surface area contributed by atoms with Gasteiger partial charge in [0.05, 0.1) is 0 Å². The van der Waals surface area contributed by atoms with E-state index in [0.717, 1.165) is 42.3 Å². The Balaban J connectivity index is 2.29. The van der Waals surface area contributed by atoms with Crippen molar-refractivity contribution < 1.29 is 9.59 Å². The van der Waals surface area contributed by atoms with Crippen molar-refractivity contribution in [3.63, 3.8) is 0 Å². The van der Waals surface area contributed by atoms with Gasteiger partial charge >= 0.3 is 0 Å². The fourth-order valence-corrected chi connectivity index (χ4v) is 2.93. The van der Waals surface area contributed by atoms with E-state index in [0.29, 0.717) is 5.56 Å². The van der Waals surface area contributed by atoms with Crippen molar-refractivity contribution in [2.75, 3.05) is 18.5 Å². The van der Waals surface area contributed by atoms with E-state index in [-0.39, 0.29) is 11.9 Å². The zero-order valence-electron chi connectivity index (χ0n) is 10.9. The maximum atomic E-state index is 11.9. The van der Waals surface area contributed by atoms with E-state index in [1.54, 1.807) is 13.1 Å². The van der Waals surface area contributed by atoms with Crippen molar-refractivity contribution in [3.05, 3.63) is 28.2 Å². The van der Waals surface area contributed by atoms with E-state index in [2.05, 4.69) is 26.1 Å². The van der Waals surface area contributed by atoms with Gasteiger partial charge < -0.3 is 10.2 Å². The highest BCUT2D eigenvalue weighted by atomic mass is 79.9. The van der Waals surface area contributed by atoms with Crippen LogP contribution in [0.15, 0.2) is 22.7 Å². The zero-order valence-corrected chi connectivity index (χ0v) is 12.4. The minimum Gasteiger partial charge on any atom is -0.359 e. The zero-order chi connectivity index (χ0) is 13.8. The largest absolute Gasteiger partial charge is 0.359 e. The molecule has 19 heavy (non-hydrogen) atoms. The Morgan fingerprint density at radius 2 is 2.26 bits per heavy atom. The minimum atomic E-state index is -0.118. The highest BCUT2D eigenvalue weighted by Crippen LogP contribution is 2.28. The Bertz CT molecular complexity index is 490. The number of piperidine rings is 1. The molecule has 1 aliphatic rings. The van der Waals surface area contributed by atoms with Gasteiger partial charge in [-0.25, -0.2) is 0 Å². The predicted molar refractivity (Wildman–Crippen MR) is 78.6 cm³/mol.